The summed E-state index contributed by atoms with van der Waals surface area (Å²) in [7, 11) is 0. The highest BCUT2D eigenvalue weighted by Crippen LogP contribution is 2.09. The molecule has 1 saturated heterocycles. The van der Waals surface area contributed by atoms with Crippen LogP contribution in [0.1, 0.15) is 23.3 Å². The Bertz CT molecular complexity index is 454. The number of hydrogen-bond donors (Lipinski definition) is 2. The lowest BCUT2D eigenvalue weighted by atomic mass is 10.3. The van der Waals surface area contributed by atoms with E-state index in [0.29, 0.717) is 13.1 Å². The molecule has 6 nitrogen and oxygen atoms in total. The van der Waals surface area contributed by atoms with Gasteiger partial charge in [-0.1, -0.05) is 0 Å². The second kappa shape index (κ2) is 3.72. The van der Waals surface area contributed by atoms with Crippen molar-refractivity contribution in [2.24, 2.45) is 0 Å². The zero-order valence-corrected chi connectivity index (χ0v) is 8.08. The van der Waals surface area contributed by atoms with E-state index in [4.69, 9.17) is 0 Å². The van der Waals surface area contributed by atoms with Gasteiger partial charge in [0.15, 0.2) is 0 Å². The Kier molecular flexibility index (Phi) is 2.40. The van der Waals surface area contributed by atoms with Gasteiger partial charge in [0.05, 0.1) is 0 Å². The van der Waals surface area contributed by atoms with Gasteiger partial charge in [0.1, 0.15) is 5.69 Å². The van der Waals surface area contributed by atoms with E-state index < -0.39 is 11.2 Å². The third kappa shape index (κ3) is 1.98. The summed E-state index contributed by atoms with van der Waals surface area (Å²) >= 11 is 0. The molecule has 1 aliphatic rings. The Morgan fingerprint density at radius 3 is 2.47 bits per heavy atom. The molecule has 15 heavy (non-hydrogen) atoms. The lowest BCUT2D eigenvalue weighted by molar-refractivity contribution is 0.0786. The van der Waals surface area contributed by atoms with Crippen LogP contribution in [0.5, 0.6) is 0 Å². The van der Waals surface area contributed by atoms with Crippen molar-refractivity contribution >= 4 is 5.91 Å². The smallest absolute Gasteiger partial charge is 0.326 e. The maximum atomic E-state index is 11.8. The van der Waals surface area contributed by atoms with E-state index in [9.17, 15) is 14.4 Å². The quantitative estimate of drug-likeness (QED) is 0.641. The highest BCUT2D eigenvalue weighted by Gasteiger charge is 2.20. The van der Waals surface area contributed by atoms with Gasteiger partial charge in [-0.2, -0.15) is 0 Å². The summed E-state index contributed by atoms with van der Waals surface area (Å²) in [5.41, 5.74) is -1.14. The molecule has 1 amide bonds. The molecule has 2 heterocycles. The minimum atomic E-state index is -0.648. The van der Waals surface area contributed by atoms with Crippen LogP contribution in [0.25, 0.3) is 0 Å². The molecule has 2 N–H and O–H groups in total. The van der Waals surface area contributed by atoms with Gasteiger partial charge in [-0.05, 0) is 12.8 Å². The first kappa shape index (κ1) is 9.70. The van der Waals surface area contributed by atoms with Gasteiger partial charge in [0, 0.05) is 19.2 Å². The maximum absolute atomic E-state index is 11.8. The normalized spacial score (nSPS) is 15.6. The summed E-state index contributed by atoms with van der Waals surface area (Å²) in [5.74, 6) is -0.282. The number of aromatic amines is 2. The van der Waals surface area contributed by atoms with Gasteiger partial charge in [-0.25, -0.2) is 4.79 Å². The molecule has 1 aromatic rings. The SMILES string of the molecule is O=C(c1cc(=O)[nH]c(=O)[nH]1)N1CCCC1. The van der Waals surface area contributed by atoms with Crippen LogP contribution in [-0.2, 0) is 0 Å². The first-order chi connectivity index (χ1) is 7.16. The second-order valence-electron chi connectivity index (χ2n) is 3.50. The molecular formula is C9H11N3O3. The van der Waals surface area contributed by atoms with Crippen molar-refractivity contribution in [3.8, 4) is 0 Å². The van der Waals surface area contributed by atoms with Crippen molar-refractivity contribution in [2.75, 3.05) is 13.1 Å². The van der Waals surface area contributed by atoms with E-state index in [1.165, 1.54) is 0 Å². The molecule has 0 aliphatic carbocycles. The minimum Gasteiger partial charge on any atom is -0.337 e. The van der Waals surface area contributed by atoms with Gasteiger partial charge >= 0.3 is 5.69 Å². The van der Waals surface area contributed by atoms with Gasteiger partial charge in [-0.3, -0.25) is 14.6 Å². The van der Waals surface area contributed by atoms with Gasteiger partial charge in [0.2, 0.25) is 0 Å². The van der Waals surface area contributed by atoms with Crippen molar-refractivity contribution in [1.29, 1.82) is 0 Å². The average Bonchev–Trinajstić information content (AvgIpc) is 2.67. The monoisotopic (exact) mass is 209 g/mol. The standard InChI is InChI=1S/C9H11N3O3/c13-7-5-6(10-9(15)11-7)8(14)12-3-1-2-4-12/h5H,1-4H2,(H2,10,11,13,15). The fourth-order valence-electron chi connectivity index (χ4n) is 1.67. The van der Waals surface area contributed by atoms with Crippen LogP contribution in [0.4, 0.5) is 0 Å². The van der Waals surface area contributed by atoms with Crippen molar-refractivity contribution in [1.82, 2.24) is 14.9 Å². The number of aromatic nitrogens is 2. The summed E-state index contributed by atoms with van der Waals surface area (Å²) in [6.07, 6.45) is 1.94. The fourth-order valence-corrected chi connectivity index (χ4v) is 1.67. The van der Waals surface area contributed by atoms with Crippen molar-refractivity contribution in [3.63, 3.8) is 0 Å². The third-order valence-corrected chi connectivity index (χ3v) is 2.38. The Morgan fingerprint density at radius 1 is 1.20 bits per heavy atom. The van der Waals surface area contributed by atoms with E-state index in [-0.39, 0.29) is 11.6 Å². The topological polar surface area (TPSA) is 86.0 Å². The van der Waals surface area contributed by atoms with Crippen LogP contribution < -0.4 is 11.2 Å². The molecule has 0 atom stereocenters. The highest BCUT2D eigenvalue weighted by molar-refractivity contribution is 5.92. The molecule has 1 aliphatic heterocycles. The molecule has 1 fully saturated rings. The van der Waals surface area contributed by atoms with Crippen molar-refractivity contribution in [3.05, 3.63) is 32.6 Å². The summed E-state index contributed by atoms with van der Waals surface area (Å²) in [6, 6.07) is 1.11. The molecular weight excluding hydrogens is 198 g/mol. The molecule has 80 valence electrons. The third-order valence-electron chi connectivity index (χ3n) is 2.38. The first-order valence-corrected chi connectivity index (χ1v) is 4.80. The van der Waals surface area contributed by atoms with Crippen LogP contribution >= 0.6 is 0 Å². The van der Waals surface area contributed by atoms with E-state index in [1.807, 2.05) is 4.98 Å². The Balaban J connectivity index is 2.32. The van der Waals surface area contributed by atoms with E-state index in [2.05, 4.69) is 4.98 Å². The van der Waals surface area contributed by atoms with Crippen LogP contribution in [0.3, 0.4) is 0 Å². The maximum Gasteiger partial charge on any atom is 0.326 e. The predicted molar refractivity (Wildman–Crippen MR) is 52.8 cm³/mol. The van der Waals surface area contributed by atoms with E-state index in [0.717, 1.165) is 18.9 Å². The van der Waals surface area contributed by atoms with Crippen LogP contribution in [-0.4, -0.2) is 33.9 Å². The first-order valence-electron chi connectivity index (χ1n) is 4.80. The number of nitrogens with zero attached hydrogens (tertiary/aromatic N) is 1. The zero-order chi connectivity index (χ0) is 10.8. The van der Waals surface area contributed by atoms with E-state index in [1.54, 1.807) is 4.90 Å². The number of carbonyl (C=O) groups is 1. The number of rotatable bonds is 1. The minimum absolute atomic E-state index is 0.0608. The van der Waals surface area contributed by atoms with Crippen molar-refractivity contribution < 1.29 is 4.79 Å². The zero-order valence-electron chi connectivity index (χ0n) is 8.08. The Morgan fingerprint density at radius 2 is 1.87 bits per heavy atom. The largest absolute Gasteiger partial charge is 0.337 e. The number of carbonyl (C=O) groups excluding carboxylic acids is 1. The van der Waals surface area contributed by atoms with Gasteiger partial charge < -0.3 is 9.88 Å². The average molecular weight is 209 g/mol. The molecule has 0 saturated carbocycles. The number of H-pyrrole nitrogens is 2. The van der Waals surface area contributed by atoms with Crippen LogP contribution in [0.15, 0.2) is 15.7 Å². The number of hydrogen-bond acceptors (Lipinski definition) is 3. The molecule has 1 aromatic heterocycles. The fraction of sp³-hybridized carbons (Fsp3) is 0.444. The summed E-state index contributed by atoms with van der Waals surface area (Å²) in [6.45, 7) is 1.38. The van der Waals surface area contributed by atoms with Crippen LogP contribution in [0, 0.1) is 0 Å². The molecule has 0 aromatic carbocycles. The molecule has 0 bridgehead atoms. The highest BCUT2D eigenvalue weighted by atomic mass is 16.2. The number of amides is 1. The molecule has 2 rings (SSSR count). The Labute approximate surface area is 84.9 Å². The summed E-state index contributed by atoms with van der Waals surface area (Å²) in [5, 5.41) is 0. The molecule has 0 spiro atoms. The summed E-state index contributed by atoms with van der Waals surface area (Å²) in [4.78, 5) is 39.7. The van der Waals surface area contributed by atoms with Gasteiger partial charge in [0.25, 0.3) is 11.5 Å². The molecule has 6 heteroatoms. The molecule has 0 unspecified atom stereocenters. The predicted octanol–water partition coefficient (Wildman–Crippen LogP) is -0.701. The Hall–Kier alpha value is -1.85. The number of nitrogens with one attached hydrogen (secondary N) is 2. The summed E-state index contributed by atoms with van der Waals surface area (Å²) < 4.78 is 0. The lowest BCUT2D eigenvalue weighted by Crippen LogP contribution is -2.33. The van der Waals surface area contributed by atoms with Gasteiger partial charge in [-0.15, -0.1) is 0 Å². The lowest BCUT2D eigenvalue weighted by Gasteiger charge is -2.13. The molecule has 0 radical (unpaired) electrons. The van der Waals surface area contributed by atoms with Crippen LogP contribution in [0.2, 0.25) is 0 Å². The van der Waals surface area contributed by atoms with E-state index >= 15 is 0 Å². The second-order valence-corrected chi connectivity index (χ2v) is 3.50. The number of likely N-dealkylation sites (tertiary alicyclic amines) is 1. The van der Waals surface area contributed by atoms with Crippen molar-refractivity contribution in [2.45, 2.75) is 12.8 Å².